The Bertz CT molecular complexity index is 613. The van der Waals surface area contributed by atoms with Crippen LogP contribution in [0.15, 0.2) is 53.0 Å². The lowest BCUT2D eigenvalue weighted by molar-refractivity contribution is 0.0950. The van der Waals surface area contributed by atoms with Crippen LogP contribution in [0, 0.1) is 0 Å². The zero-order valence-corrected chi connectivity index (χ0v) is 13.6. The monoisotopic (exact) mass is 346 g/mol. The molecule has 2 rings (SSSR count). The number of benzene rings is 2. The molecule has 0 radical (unpaired) electrons. The second-order valence-electron chi connectivity index (χ2n) is 4.78. The maximum atomic E-state index is 12.4. The third kappa shape index (κ3) is 4.41. The first-order chi connectivity index (χ1) is 10.2. The highest BCUT2D eigenvalue weighted by Crippen LogP contribution is 2.16. The molecule has 0 bridgehead atoms. The summed E-state index contributed by atoms with van der Waals surface area (Å²) >= 11 is 3.49. The van der Waals surface area contributed by atoms with E-state index < -0.39 is 0 Å². The van der Waals surface area contributed by atoms with Gasteiger partial charge in [-0.3, -0.25) is 4.79 Å². The Morgan fingerprint density at radius 2 is 1.71 bits per heavy atom. The minimum absolute atomic E-state index is 0.0301. The van der Waals surface area contributed by atoms with E-state index in [1.54, 1.807) is 0 Å². The van der Waals surface area contributed by atoms with Crippen LogP contribution in [0.25, 0.3) is 0 Å². The number of likely N-dealkylation sites (N-methyl/N-ethyl adjacent to an activating group) is 1. The van der Waals surface area contributed by atoms with Crippen molar-refractivity contribution in [1.29, 1.82) is 0 Å². The fraction of sp³-hybridized carbons (Fsp3) is 0.235. The van der Waals surface area contributed by atoms with Crippen LogP contribution >= 0.6 is 15.9 Å². The van der Waals surface area contributed by atoms with Gasteiger partial charge in [0.1, 0.15) is 0 Å². The van der Waals surface area contributed by atoms with Gasteiger partial charge in [-0.25, -0.2) is 0 Å². The zero-order valence-electron chi connectivity index (χ0n) is 12.0. The van der Waals surface area contributed by atoms with E-state index in [4.69, 9.17) is 0 Å². The van der Waals surface area contributed by atoms with Gasteiger partial charge >= 0.3 is 0 Å². The summed E-state index contributed by atoms with van der Waals surface area (Å²) in [5, 5.41) is 6.09. The number of rotatable bonds is 6. The van der Waals surface area contributed by atoms with E-state index in [1.807, 2.05) is 55.6 Å². The Morgan fingerprint density at radius 1 is 1.05 bits per heavy atom. The molecular weight excluding hydrogens is 328 g/mol. The Balaban J connectivity index is 2.05. The number of nitrogens with one attached hydrogen (secondary N) is 2. The van der Waals surface area contributed by atoms with Crippen LogP contribution in [0.4, 0.5) is 0 Å². The molecule has 0 unspecified atom stereocenters. The van der Waals surface area contributed by atoms with Crippen LogP contribution in [-0.4, -0.2) is 19.5 Å². The molecule has 0 saturated carbocycles. The van der Waals surface area contributed by atoms with Crippen molar-refractivity contribution < 1.29 is 4.79 Å². The van der Waals surface area contributed by atoms with Crippen LogP contribution in [-0.2, 0) is 13.0 Å². The van der Waals surface area contributed by atoms with Gasteiger partial charge in [0.05, 0.1) is 0 Å². The molecule has 0 saturated heterocycles. The molecule has 21 heavy (non-hydrogen) atoms. The standard InChI is InChI=1S/C17H19BrN2O/c1-19-11-10-13-6-2-4-8-15(13)17(21)20-12-14-7-3-5-9-16(14)18/h2-9,19H,10-12H2,1H3,(H,20,21). The number of hydrogen-bond acceptors (Lipinski definition) is 2. The van der Waals surface area contributed by atoms with Gasteiger partial charge < -0.3 is 10.6 Å². The quantitative estimate of drug-likeness (QED) is 0.843. The molecule has 2 aromatic rings. The minimum atomic E-state index is -0.0301. The van der Waals surface area contributed by atoms with Crippen LogP contribution in [0.1, 0.15) is 21.5 Å². The molecule has 0 spiro atoms. The van der Waals surface area contributed by atoms with Gasteiger partial charge in [0, 0.05) is 16.6 Å². The largest absolute Gasteiger partial charge is 0.348 e. The Morgan fingerprint density at radius 3 is 2.43 bits per heavy atom. The molecule has 0 heterocycles. The Labute approximate surface area is 133 Å². The summed E-state index contributed by atoms with van der Waals surface area (Å²) in [6.45, 7) is 1.37. The van der Waals surface area contributed by atoms with Gasteiger partial charge in [0.2, 0.25) is 0 Å². The van der Waals surface area contributed by atoms with Crippen molar-refractivity contribution in [3.8, 4) is 0 Å². The van der Waals surface area contributed by atoms with Gasteiger partial charge in [0.25, 0.3) is 5.91 Å². The third-order valence-corrected chi connectivity index (χ3v) is 4.08. The van der Waals surface area contributed by atoms with Gasteiger partial charge in [0.15, 0.2) is 0 Å². The van der Waals surface area contributed by atoms with Crippen LogP contribution < -0.4 is 10.6 Å². The first-order valence-electron chi connectivity index (χ1n) is 6.96. The summed E-state index contributed by atoms with van der Waals surface area (Å²) in [4.78, 5) is 12.4. The number of carbonyl (C=O) groups excluding carboxylic acids is 1. The highest BCUT2D eigenvalue weighted by atomic mass is 79.9. The molecule has 0 aliphatic carbocycles. The van der Waals surface area contributed by atoms with Gasteiger partial charge in [-0.15, -0.1) is 0 Å². The van der Waals surface area contributed by atoms with E-state index in [1.165, 1.54) is 0 Å². The highest BCUT2D eigenvalue weighted by Gasteiger charge is 2.10. The van der Waals surface area contributed by atoms with E-state index in [-0.39, 0.29) is 5.91 Å². The summed E-state index contributed by atoms with van der Waals surface area (Å²) in [7, 11) is 1.91. The number of halogens is 1. The predicted octanol–water partition coefficient (Wildman–Crippen LogP) is 3.14. The smallest absolute Gasteiger partial charge is 0.251 e. The average Bonchev–Trinajstić information content (AvgIpc) is 2.52. The van der Waals surface area contributed by atoms with Crippen molar-refractivity contribution >= 4 is 21.8 Å². The second kappa shape index (κ2) is 7.96. The van der Waals surface area contributed by atoms with E-state index in [2.05, 4.69) is 26.6 Å². The van der Waals surface area contributed by atoms with Gasteiger partial charge in [-0.05, 0) is 43.3 Å². The van der Waals surface area contributed by atoms with Crippen LogP contribution in [0.5, 0.6) is 0 Å². The molecule has 0 aliphatic heterocycles. The first-order valence-corrected chi connectivity index (χ1v) is 7.76. The van der Waals surface area contributed by atoms with E-state index >= 15 is 0 Å². The fourth-order valence-corrected chi connectivity index (χ4v) is 2.56. The Kier molecular flexibility index (Phi) is 5.96. The maximum absolute atomic E-state index is 12.4. The molecule has 0 fully saturated rings. The highest BCUT2D eigenvalue weighted by molar-refractivity contribution is 9.10. The molecule has 110 valence electrons. The third-order valence-electron chi connectivity index (χ3n) is 3.30. The topological polar surface area (TPSA) is 41.1 Å². The molecule has 4 heteroatoms. The molecule has 2 N–H and O–H groups in total. The van der Waals surface area contributed by atoms with E-state index in [0.717, 1.165) is 34.1 Å². The van der Waals surface area contributed by atoms with E-state index in [0.29, 0.717) is 6.54 Å². The molecule has 0 atom stereocenters. The Hall–Kier alpha value is -1.65. The lowest BCUT2D eigenvalue weighted by Gasteiger charge is -2.11. The second-order valence-corrected chi connectivity index (χ2v) is 5.64. The number of hydrogen-bond donors (Lipinski definition) is 2. The van der Waals surface area contributed by atoms with Crippen molar-refractivity contribution in [3.05, 3.63) is 69.7 Å². The summed E-state index contributed by atoms with van der Waals surface area (Å²) in [5.74, 6) is -0.0301. The molecule has 1 amide bonds. The lowest BCUT2D eigenvalue weighted by Crippen LogP contribution is -2.24. The number of amides is 1. The van der Waals surface area contributed by atoms with Crippen molar-refractivity contribution in [2.24, 2.45) is 0 Å². The summed E-state index contributed by atoms with van der Waals surface area (Å²) < 4.78 is 1.01. The fourth-order valence-electron chi connectivity index (χ4n) is 2.13. The normalized spacial score (nSPS) is 10.4. The molecule has 0 aromatic heterocycles. The maximum Gasteiger partial charge on any atom is 0.251 e. The molecule has 2 aromatic carbocycles. The summed E-state index contributed by atoms with van der Waals surface area (Å²) in [6.07, 6.45) is 0.842. The van der Waals surface area contributed by atoms with Gasteiger partial charge in [-0.1, -0.05) is 52.3 Å². The summed E-state index contributed by atoms with van der Waals surface area (Å²) in [6, 6.07) is 15.6. The minimum Gasteiger partial charge on any atom is -0.348 e. The van der Waals surface area contributed by atoms with Crippen LogP contribution in [0.3, 0.4) is 0 Å². The first kappa shape index (κ1) is 15.7. The van der Waals surface area contributed by atoms with Crippen LogP contribution in [0.2, 0.25) is 0 Å². The predicted molar refractivity (Wildman–Crippen MR) is 89.4 cm³/mol. The SMILES string of the molecule is CNCCc1ccccc1C(=O)NCc1ccccc1Br. The van der Waals surface area contributed by atoms with E-state index in [9.17, 15) is 4.79 Å². The van der Waals surface area contributed by atoms with Crippen molar-refractivity contribution in [2.75, 3.05) is 13.6 Å². The molecule has 0 aliphatic rings. The molecular formula is C17H19BrN2O. The van der Waals surface area contributed by atoms with Crippen molar-refractivity contribution in [3.63, 3.8) is 0 Å². The molecule has 3 nitrogen and oxygen atoms in total. The van der Waals surface area contributed by atoms with Crippen molar-refractivity contribution in [1.82, 2.24) is 10.6 Å². The summed E-state index contributed by atoms with van der Waals surface area (Å²) in [5.41, 5.74) is 2.88. The number of carbonyl (C=O) groups is 1. The lowest BCUT2D eigenvalue weighted by atomic mass is 10.0. The van der Waals surface area contributed by atoms with Gasteiger partial charge in [-0.2, -0.15) is 0 Å². The average molecular weight is 347 g/mol. The zero-order chi connectivity index (χ0) is 15.1. The van der Waals surface area contributed by atoms with Crippen molar-refractivity contribution in [2.45, 2.75) is 13.0 Å².